The van der Waals surface area contributed by atoms with Gasteiger partial charge in [-0.15, -0.1) is 0 Å². The van der Waals surface area contributed by atoms with E-state index in [2.05, 4.69) is 0 Å². The molecule has 0 aromatic carbocycles. The standard InChI is InChI=1S/C8H16O3/c1-4(2)8-7(10)6(9)5(3)11-8/h4-10H,1-3H3/t5?,6-,7-,8?/m1/s1. The van der Waals surface area contributed by atoms with E-state index >= 15 is 0 Å². The van der Waals surface area contributed by atoms with Crippen molar-refractivity contribution < 1.29 is 14.9 Å². The predicted molar refractivity (Wildman–Crippen MR) is 41.2 cm³/mol. The molecule has 0 aliphatic carbocycles. The molecule has 0 bridgehead atoms. The van der Waals surface area contributed by atoms with Crippen LogP contribution in [0.2, 0.25) is 0 Å². The van der Waals surface area contributed by atoms with E-state index in [1.54, 1.807) is 6.92 Å². The molecular weight excluding hydrogens is 144 g/mol. The average molecular weight is 160 g/mol. The first kappa shape index (κ1) is 8.97. The van der Waals surface area contributed by atoms with E-state index in [1.165, 1.54) is 0 Å². The van der Waals surface area contributed by atoms with Crippen LogP contribution in [-0.2, 0) is 4.74 Å². The fraction of sp³-hybridized carbons (Fsp3) is 1.00. The molecule has 0 amide bonds. The first-order chi connectivity index (χ1) is 5.04. The van der Waals surface area contributed by atoms with Crippen LogP contribution in [0.25, 0.3) is 0 Å². The van der Waals surface area contributed by atoms with E-state index in [0.717, 1.165) is 0 Å². The zero-order valence-electron chi connectivity index (χ0n) is 7.19. The van der Waals surface area contributed by atoms with Gasteiger partial charge in [0.1, 0.15) is 12.2 Å². The van der Waals surface area contributed by atoms with Gasteiger partial charge >= 0.3 is 0 Å². The molecule has 0 radical (unpaired) electrons. The lowest BCUT2D eigenvalue weighted by molar-refractivity contribution is -0.0115. The summed E-state index contributed by atoms with van der Waals surface area (Å²) in [6, 6.07) is 0. The molecular formula is C8H16O3. The number of hydrogen-bond acceptors (Lipinski definition) is 3. The predicted octanol–water partition coefficient (Wildman–Crippen LogP) is 0.152. The Balaban J connectivity index is 2.59. The Morgan fingerprint density at radius 1 is 1.18 bits per heavy atom. The number of aliphatic hydroxyl groups is 2. The normalized spacial score (nSPS) is 45.3. The molecule has 1 aliphatic heterocycles. The molecule has 1 aliphatic rings. The van der Waals surface area contributed by atoms with Gasteiger partial charge in [-0.25, -0.2) is 0 Å². The summed E-state index contributed by atoms with van der Waals surface area (Å²) in [5, 5.41) is 18.7. The Morgan fingerprint density at radius 3 is 1.91 bits per heavy atom. The Kier molecular flexibility index (Phi) is 2.52. The third kappa shape index (κ3) is 1.55. The van der Waals surface area contributed by atoms with Gasteiger partial charge < -0.3 is 14.9 Å². The summed E-state index contributed by atoms with van der Waals surface area (Å²) in [5.74, 6) is 0.254. The molecule has 2 unspecified atom stereocenters. The molecule has 1 rings (SSSR count). The van der Waals surface area contributed by atoms with Crippen LogP contribution in [0.1, 0.15) is 20.8 Å². The van der Waals surface area contributed by atoms with Crippen molar-refractivity contribution in [3.8, 4) is 0 Å². The summed E-state index contributed by atoms with van der Waals surface area (Å²) < 4.78 is 5.35. The second-order valence-corrected chi connectivity index (χ2v) is 3.53. The molecule has 0 aromatic rings. The third-order valence-electron chi connectivity index (χ3n) is 2.20. The van der Waals surface area contributed by atoms with Gasteiger partial charge in [0, 0.05) is 0 Å². The second-order valence-electron chi connectivity index (χ2n) is 3.53. The number of ether oxygens (including phenoxy) is 1. The van der Waals surface area contributed by atoms with Gasteiger partial charge in [0.2, 0.25) is 0 Å². The zero-order chi connectivity index (χ0) is 8.59. The van der Waals surface area contributed by atoms with Crippen molar-refractivity contribution in [1.29, 1.82) is 0 Å². The highest BCUT2D eigenvalue weighted by molar-refractivity contribution is 4.89. The van der Waals surface area contributed by atoms with E-state index in [4.69, 9.17) is 4.74 Å². The fourth-order valence-corrected chi connectivity index (χ4v) is 1.43. The largest absolute Gasteiger partial charge is 0.388 e. The number of hydrogen-bond donors (Lipinski definition) is 2. The summed E-state index contributed by atoms with van der Waals surface area (Å²) in [5.41, 5.74) is 0. The molecule has 11 heavy (non-hydrogen) atoms. The summed E-state index contributed by atoms with van der Waals surface area (Å²) in [6.45, 7) is 5.72. The molecule has 0 saturated carbocycles. The Labute approximate surface area is 67.0 Å². The van der Waals surface area contributed by atoms with Crippen LogP contribution in [0.3, 0.4) is 0 Å². The summed E-state index contributed by atoms with van der Waals surface area (Å²) in [4.78, 5) is 0. The minimum Gasteiger partial charge on any atom is -0.388 e. The van der Waals surface area contributed by atoms with Gasteiger partial charge in [-0.3, -0.25) is 0 Å². The van der Waals surface area contributed by atoms with Crippen LogP contribution in [0.15, 0.2) is 0 Å². The van der Waals surface area contributed by atoms with E-state index in [0.29, 0.717) is 0 Å². The first-order valence-corrected chi connectivity index (χ1v) is 4.05. The number of aliphatic hydroxyl groups excluding tert-OH is 2. The smallest absolute Gasteiger partial charge is 0.109 e. The molecule has 0 aromatic heterocycles. The van der Waals surface area contributed by atoms with Crippen LogP contribution in [0.4, 0.5) is 0 Å². The van der Waals surface area contributed by atoms with Gasteiger partial charge in [-0.2, -0.15) is 0 Å². The zero-order valence-corrected chi connectivity index (χ0v) is 7.19. The lowest BCUT2D eigenvalue weighted by Crippen LogP contribution is -2.33. The lowest BCUT2D eigenvalue weighted by Gasteiger charge is -2.17. The van der Waals surface area contributed by atoms with Crippen molar-refractivity contribution in [3.63, 3.8) is 0 Å². The topological polar surface area (TPSA) is 49.7 Å². The molecule has 1 heterocycles. The molecule has 66 valence electrons. The molecule has 4 atom stereocenters. The van der Waals surface area contributed by atoms with Crippen molar-refractivity contribution in [2.75, 3.05) is 0 Å². The van der Waals surface area contributed by atoms with Gasteiger partial charge in [0.15, 0.2) is 0 Å². The molecule has 3 heteroatoms. The van der Waals surface area contributed by atoms with Crippen molar-refractivity contribution in [2.24, 2.45) is 5.92 Å². The SMILES string of the molecule is CC(C)C1OC(C)[C@@H](O)[C@H]1O. The van der Waals surface area contributed by atoms with Crippen molar-refractivity contribution in [2.45, 2.75) is 45.2 Å². The van der Waals surface area contributed by atoms with Gasteiger partial charge in [0.05, 0.1) is 12.2 Å². The van der Waals surface area contributed by atoms with E-state index < -0.39 is 12.2 Å². The molecule has 0 spiro atoms. The molecule has 3 nitrogen and oxygen atoms in total. The quantitative estimate of drug-likeness (QED) is 0.574. The highest BCUT2D eigenvalue weighted by atomic mass is 16.5. The van der Waals surface area contributed by atoms with E-state index in [9.17, 15) is 10.2 Å². The van der Waals surface area contributed by atoms with Gasteiger partial charge in [-0.1, -0.05) is 13.8 Å². The summed E-state index contributed by atoms with van der Waals surface area (Å²) in [6.07, 6.45) is -1.88. The highest BCUT2D eigenvalue weighted by Gasteiger charge is 2.41. The Bertz CT molecular complexity index is 135. The maximum absolute atomic E-state index is 9.42. The summed E-state index contributed by atoms with van der Waals surface area (Å²) >= 11 is 0. The first-order valence-electron chi connectivity index (χ1n) is 4.05. The minimum atomic E-state index is -0.720. The maximum Gasteiger partial charge on any atom is 0.109 e. The molecule has 2 N–H and O–H groups in total. The monoisotopic (exact) mass is 160 g/mol. The Morgan fingerprint density at radius 2 is 1.73 bits per heavy atom. The Hall–Kier alpha value is -0.120. The van der Waals surface area contributed by atoms with Crippen molar-refractivity contribution in [1.82, 2.24) is 0 Å². The summed E-state index contributed by atoms with van der Waals surface area (Å²) in [7, 11) is 0. The van der Waals surface area contributed by atoms with Crippen LogP contribution < -0.4 is 0 Å². The van der Waals surface area contributed by atoms with Gasteiger partial charge in [-0.05, 0) is 12.8 Å². The van der Waals surface area contributed by atoms with E-state index in [-0.39, 0.29) is 18.1 Å². The van der Waals surface area contributed by atoms with Crippen LogP contribution >= 0.6 is 0 Å². The maximum atomic E-state index is 9.42. The minimum absolute atomic E-state index is 0.208. The van der Waals surface area contributed by atoms with Gasteiger partial charge in [0.25, 0.3) is 0 Å². The highest BCUT2D eigenvalue weighted by Crippen LogP contribution is 2.25. The van der Waals surface area contributed by atoms with E-state index in [1.807, 2.05) is 13.8 Å². The molecule has 1 saturated heterocycles. The van der Waals surface area contributed by atoms with Crippen LogP contribution in [0, 0.1) is 5.92 Å². The average Bonchev–Trinajstić information content (AvgIpc) is 2.17. The van der Waals surface area contributed by atoms with Crippen LogP contribution in [-0.4, -0.2) is 34.6 Å². The fourth-order valence-electron chi connectivity index (χ4n) is 1.43. The lowest BCUT2D eigenvalue weighted by atomic mass is 10.00. The molecule has 1 fully saturated rings. The van der Waals surface area contributed by atoms with Crippen LogP contribution in [0.5, 0.6) is 0 Å². The number of rotatable bonds is 1. The van der Waals surface area contributed by atoms with Crippen molar-refractivity contribution >= 4 is 0 Å². The third-order valence-corrected chi connectivity index (χ3v) is 2.20. The van der Waals surface area contributed by atoms with Crippen molar-refractivity contribution in [3.05, 3.63) is 0 Å². The second kappa shape index (κ2) is 3.09.